The van der Waals surface area contributed by atoms with Gasteiger partial charge in [0.1, 0.15) is 5.75 Å². The van der Waals surface area contributed by atoms with Crippen molar-refractivity contribution >= 4 is 11.6 Å². The minimum Gasteiger partial charge on any atom is -0.495 e. The fraction of sp³-hybridized carbons (Fsp3) is 0.500. The van der Waals surface area contributed by atoms with Gasteiger partial charge < -0.3 is 14.8 Å². The number of benzene rings is 1. The molecule has 2 rings (SSSR count). The fourth-order valence-electron chi connectivity index (χ4n) is 1.85. The van der Waals surface area contributed by atoms with Crippen LogP contribution in [-0.4, -0.2) is 32.9 Å². The number of rotatable bonds is 3. The maximum Gasteiger partial charge on any atom is 0.137 e. The van der Waals surface area contributed by atoms with E-state index in [1.807, 2.05) is 18.2 Å². The van der Waals surface area contributed by atoms with Crippen LogP contribution in [0.1, 0.15) is 5.56 Å². The number of halogens is 1. The molecular weight excluding hydrogens is 226 g/mol. The van der Waals surface area contributed by atoms with Crippen LogP contribution in [0.5, 0.6) is 5.75 Å². The van der Waals surface area contributed by atoms with Gasteiger partial charge in [-0.15, -0.1) is 0 Å². The average molecular weight is 242 g/mol. The van der Waals surface area contributed by atoms with Crippen LogP contribution < -0.4 is 10.1 Å². The highest BCUT2D eigenvalue weighted by molar-refractivity contribution is 6.32. The number of ether oxygens (including phenoxy) is 2. The molecule has 1 unspecified atom stereocenters. The number of hydrogen-bond acceptors (Lipinski definition) is 3. The highest BCUT2D eigenvalue weighted by Gasteiger charge is 2.14. The summed E-state index contributed by atoms with van der Waals surface area (Å²) in [5.74, 6) is 0.716. The van der Waals surface area contributed by atoms with Crippen molar-refractivity contribution in [1.29, 1.82) is 0 Å². The Morgan fingerprint density at radius 3 is 3.06 bits per heavy atom. The van der Waals surface area contributed by atoms with Gasteiger partial charge in [-0.25, -0.2) is 0 Å². The first kappa shape index (κ1) is 11.7. The first-order valence-corrected chi connectivity index (χ1v) is 5.82. The predicted octanol–water partition coefficient (Wildman–Crippen LogP) is 1.88. The van der Waals surface area contributed by atoms with Crippen LogP contribution in [0.15, 0.2) is 18.2 Å². The maximum absolute atomic E-state index is 6.07. The van der Waals surface area contributed by atoms with Gasteiger partial charge in [0.15, 0.2) is 0 Å². The zero-order valence-corrected chi connectivity index (χ0v) is 10.1. The smallest absolute Gasteiger partial charge is 0.137 e. The van der Waals surface area contributed by atoms with E-state index in [0.29, 0.717) is 10.8 Å². The quantitative estimate of drug-likeness (QED) is 0.877. The minimum atomic E-state index is 0.248. The lowest BCUT2D eigenvalue weighted by molar-refractivity contribution is 0.0292. The van der Waals surface area contributed by atoms with E-state index in [4.69, 9.17) is 21.1 Å². The largest absolute Gasteiger partial charge is 0.495 e. The highest BCUT2D eigenvalue weighted by atomic mass is 35.5. The lowest BCUT2D eigenvalue weighted by Gasteiger charge is -2.23. The first-order valence-electron chi connectivity index (χ1n) is 5.44. The van der Waals surface area contributed by atoms with E-state index in [1.165, 1.54) is 5.56 Å². The van der Waals surface area contributed by atoms with E-state index >= 15 is 0 Å². The standard InChI is InChI=1S/C12H16ClNO2/c1-15-12-3-2-9(7-11(12)13)6-10-8-14-4-5-16-10/h2-3,7,10,14H,4-6,8H2,1H3. The van der Waals surface area contributed by atoms with Gasteiger partial charge in [-0.2, -0.15) is 0 Å². The van der Waals surface area contributed by atoms with E-state index < -0.39 is 0 Å². The molecule has 1 aromatic rings. The zero-order chi connectivity index (χ0) is 11.4. The summed E-state index contributed by atoms with van der Waals surface area (Å²) in [5.41, 5.74) is 1.18. The molecule has 0 amide bonds. The molecule has 0 radical (unpaired) electrons. The van der Waals surface area contributed by atoms with Crippen molar-refractivity contribution in [3.05, 3.63) is 28.8 Å². The van der Waals surface area contributed by atoms with E-state index in [9.17, 15) is 0 Å². The van der Waals surface area contributed by atoms with Crippen LogP contribution in [0.3, 0.4) is 0 Å². The molecule has 0 saturated carbocycles. The molecule has 1 N–H and O–H groups in total. The molecule has 1 atom stereocenters. The second-order valence-corrected chi connectivity index (χ2v) is 4.28. The Balaban J connectivity index is 2.01. The van der Waals surface area contributed by atoms with Gasteiger partial charge in [-0.1, -0.05) is 17.7 Å². The Labute approximate surface area is 101 Å². The molecule has 1 heterocycles. The summed E-state index contributed by atoms with van der Waals surface area (Å²) in [5, 5.41) is 3.97. The van der Waals surface area contributed by atoms with Gasteiger partial charge in [0, 0.05) is 13.1 Å². The van der Waals surface area contributed by atoms with Crippen LogP contribution in [0.25, 0.3) is 0 Å². The van der Waals surface area contributed by atoms with E-state index in [2.05, 4.69) is 5.32 Å². The van der Waals surface area contributed by atoms with Crippen molar-refractivity contribution in [2.75, 3.05) is 26.8 Å². The zero-order valence-electron chi connectivity index (χ0n) is 9.33. The number of methoxy groups -OCH3 is 1. The van der Waals surface area contributed by atoms with Gasteiger partial charge in [-0.3, -0.25) is 0 Å². The number of hydrogen-bond donors (Lipinski definition) is 1. The Morgan fingerprint density at radius 1 is 1.56 bits per heavy atom. The van der Waals surface area contributed by atoms with Crippen LogP contribution in [0, 0.1) is 0 Å². The Bertz CT molecular complexity index is 351. The first-order chi connectivity index (χ1) is 7.79. The average Bonchev–Trinajstić information content (AvgIpc) is 2.31. The Morgan fingerprint density at radius 2 is 2.44 bits per heavy atom. The fourth-order valence-corrected chi connectivity index (χ4v) is 2.13. The maximum atomic E-state index is 6.07. The highest BCUT2D eigenvalue weighted by Crippen LogP contribution is 2.25. The predicted molar refractivity (Wildman–Crippen MR) is 64.3 cm³/mol. The third kappa shape index (κ3) is 2.88. The number of nitrogens with one attached hydrogen (secondary N) is 1. The second kappa shape index (κ2) is 5.53. The molecule has 1 aliphatic rings. The molecule has 3 nitrogen and oxygen atoms in total. The second-order valence-electron chi connectivity index (χ2n) is 3.87. The van der Waals surface area contributed by atoms with Crippen molar-refractivity contribution in [2.45, 2.75) is 12.5 Å². The molecule has 0 spiro atoms. The Kier molecular flexibility index (Phi) is 4.04. The van der Waals surface area contributed by atoms with Crippen molar-refractivity contribution < 1.29 is 9.47 Å². The van der Waals surface area contributed by atoms with Gasteiger partial charge in [-0.05, 0) is 24.1 Å². The lowest BCUT2D eigenvalue weighted by atomic mass is 10.1. The van der Waals surface area contributed by atoms with Gasteiger partial charge in [0.25, 0.3) is 0 Å². The van der Waals surface area contributed by atoms with Gasteiger partial charge >= 0.3 is 0 Å². The summed E-state index contributed by atoms with van der Waals surface area (Å²) in [6.45, 7) is 2.64. The molecule has 0 aliphatic carbocycles. The van der Waals surface area contributed by atoms with Crippen LogP contribution >= 0.6 is 11.6 Å². The molecule has 88 valence electrons. The summed E-state index contributed by atoms with van der Waals surface area (Å²) in [6.07, 6.45) is 1.13. The molecule has 16 heavy (non-hydrogen) atoms. The topological polar surface area (TPSA) is 30.5 Å². The van der Waals surface area contributed by atoms with Crippen LogP contribution in [0.2, 0.25) is 5.02 Å². The third-order valence-corrected chi connectivity index (χ3v) is 2.98. The Hall–Kier alpha value is -0.770. The molecule has 1 fully saturated rings. The third-order valence-electron chi connectivity index (χ3n) is 2.68. The van der Waals surface area contributed by atoms with E-state index in [-0.39, 0.29) is 6.10 Å². The molecule has 4 heteroatoms. The summed E-state index contributed by atoms with van der Waals surface area (Å²) < 4.78 is 10.8. The summed E-state index contributed by atoms with van der Waals surface area (Å²) in [6, 6.07) is 5.87. The minimum absolute atomic E-state index is 0.248. The summed E-state index contributed by atoms with van der Waals surface area (Å²) in [4.78, 5) is 0. The van der Waals surface area contributed by atoms with E-state index in [1.54, 1.807) is 7.11 Å². The molecule has 0 bridgehead atoms. The van der Waals surface area contributed by atoms with Gasteiger partial charge in [0.2, 0.25) is 0 Å². The van der Waals surface area contributed by atoms with E-state index in [0.717, 1.165) is 26.1 Å². The van der Waals surface area contributed by atoms with Crippen LogP contribution in [-0.2, 0) is 11.2 Å². The monoisotopic (exact) mass is 241 g/mol. The summed E-state index contributed by atoms with van der Waals surface area (Å²) >= 11 is 6.07. The SMILES string of the molecule is COc1ccc(CC2CNCCO2)cc1Cl. The van der Waals surface area contributed by atoms with Crippen LogP contribution in [0.4, 0.5) is 0 Å². The van der Waals surface area contributed by atoms with Gasteiger partial charge in [0.05, 0.1) is 24.8 Å². The molecule has 0 aromatic heterocycles. The van der Waals surface area contributed by atoms with Crippen molar-refractivity contribution in [3.63, 3.8) is 0 Å². The molecule has 1 aliphatic heterocycles. The summed E-state index contributed by atoms with van der Waals surface area (Å²) in [7, 11) is 1.62. The molecule has 1 saturated heterocycles. The van der Waals surface area contributed by atoms with Crippen molar-refractivity contribution in [1.82, 2.24) is 5.32 Å². The van der Waals surface area contributed by atoms with Crippen molar-refractivity contribution in [2.24, 2.45) is 0 Å². The molecule has 1 aromatic carbocycles. The molecular formula is C12H16ClNO2. The number of morpholine rings is 1. The lowest BCUT2D eigenvalue weighted by Crippen LogP contribution is -2.39. The van der Waals surface area contributed by atoms with Crippen molar-refractivity contribution in [3.8, 4) is 5.75 Å². The normalized spacial score (nSPS) is 20.8.